The first kappa shape index (κ1) is 27.4. The van der Waals surface area contributed by atoms with Crippen LogP contribution in [0.1, 0.15) is 84.0 Å². The smallest absolute Gasteiger partial charge is 0.778 e. The van der Waals surface area contributed by atoms with Gasteiger partial charge in [-0.25, -0.2) is 0 Å². The van der Waals surface area contributed by atoms with Gasteiger partial charge in [0.25, 0.3) is 0 Å². The first-order chi connectivity index (χ1) is 12.5. The molecule has 1 heterocycles. The molecule has 1 rings (SSSR count). The Balaban J connectivity index is 0.00000676. The first-order valence-electron chi connectivity index (χ1n) is 10.3. The van der Waals surface area contributed by atoms with Gasteiger partial charge in [0.15, 0.2) is 0 Å². The van der Waals surface area contributed by atoms with Gasteiger partial charge >= 0.3 is 35.5 Å². The van der Waals surface area contributed by atoms with Crippen molar-refractivity contribution >= 4 is 13.6 Å². The van der Waals surface area contributed by atoms with Crippen molar-refractivity contribution in [2.75, 3.05) is 19.4 Å². The molecule has 0 bridgehead atoms. The van der Waals surface area contributed by atoms with Crippen molar-refractivity contribution in [2.45, 2.75) is 84.0 Å². The Morgan fingerprint density at radius 3 is 2.26 bits per heavy atom. The Labute approximate surface area is 187 Å². The van der Waals surface area contributed by atoms with E-state index in [2.05, 4.69) is 23.6 Å². The maximum absolute atomic E-state index is 11.6. The molecule has 5 nitrogen and oxygen atoms in total. The zero-order chi connectivity index (χ0) is 19.1. The fourth-order valence-corrected chi connectivity index (χ4v) is 4.40. The third-order valence-corrected chi connectivity index (χ3v) is 6.12. The number of rotatable bonds is 15. The number of carbonyl (C=O) groups excluding carboxylic acids is 1. The van der Waals surface area contributed by atoms with Crippen LogP contribution in [-0.2, 0) is 18.6 Å². The summed E-state index contributed by atoms with van der Waals surface area (Å²) in [6, 6.07) is 0. The number of carbonyl (C=O) groups is 1. The Morgan fingerprint density at radius 1 is 1.07 bits per heavy atom. The molecule has 0 aromatic carbocycles. The van der Waals surface area contributed by atoms with Gasteiger partial charge in [-0.1, -0.05) is 57.6 Å². The molecule has 27 heavy (non-hydrogen) atoms. The maximum atomic E-state index is 11.6. The molecule has 0 N–H and O–H groups in total. The van der Waals surface area contributed by atoms with Crippen molar-refractivity contribution in [3.63, 3.8) is 0 Å². The van der Waals surface area contributed by atoms with Crippen molar-refractivity contribution < 1.29 is 53.1 Å². The molecule has 1 unspecified atom stereocenters. The minimum absolute atomic E-state index is 0. The van der Waals surface area contributed by atoms with Crippen LogP contribution in [-0.4, -0.2) is 25.3 Å². The van der Waals surface area contributed by atoms with E-state index in [-0.39, 0.29) is 60.8 Å². The van der Waals surface area contributed by atoms with Crippen molar-refractivity contribution in [3.05, 3.63) is 12.2 Å². The molecule has 0 radical (unpaired) electrons. The van der Waals surface area contributed by atoms with Crippen LogP contribution in [0, 0.1) is 5.92 Å². The first-order valence-corrected chi connectivity index (χ1v) is 12.0. The van der Waals surface area contributed by atoms with Crippen LogP contribution in [0.15, 0.2) is 12.2 Å². The summed E-state index contributed by atoms with van der Waals surface area (Å²) in [5, 5.41) is 0. The van der Waals surface area contributed by atoms with Gasteiger partial charge in [-0.05, 0) is 32.1 Å². The van der Waals surface area contributed by atoms with E-state index in [0.29, 0.717) is 6.42 Å². The van der Waals surface area contributed by atoms with Crippen molar-refractivity contribution in [1.82, 2.24) is 0 Å². The summed E-state index contributed by atoms with van der Waals surface area (Å²) in [5.74, 6) is -0.439. The summed E-state index contributed by atoms with van der Waals surface area (Å²) in [7, 11) is -3.66. The summed E-state index contributed by atoms with van der Waals surface area (Å²) < 4.78 is 21.0. The van der Waals surface area contributed by atoms with Crippen LogP contribution < -0.4 is 34.5 Å². The Morgan fingerprint density at radius 2 is 1.67 bits per heavy atom. The third-order valence-electron chi connectivity index (χ3n) is 4.61. The Kier molecular flexibility index (Phi) is 17.5. The monoisotopic (exact) mass is 410 g/mol. The molecule has 7 heteroatoms. The second kappa shape index (κ2) is 17.2. The summed E-state index contributed by atoms with van der Waals surface area (Å²) in [5.41, 5.74) is 0. The van der Waals surface area contributed by atoms with Gasteiger partial charge in [0.2, 0.25) is 0 Å². The zero-order valence-corrected chi connectivity index (χ0v) is 20.2. The van der Waals surface area contributed by atoms with Crippen molar-refractivity contribution in [2.24, 2.45) is 5.92 Å². The second-order valence-electron chi connectivity index (χ2n) is 7.27. The normalized spacial score (nSPS) is 22.1. The van der Waals surface area contributed by atoms with Crippen LogP contribution in [0.4, 0.5) is 0 Å². The molecule has 0 aliphatic carbocycles. The van der Waals surface area contributed by atoms with E-state index in [0.717, 1.165) is 25.7 Å². The molecular formula is C20H36NaO5P. The van der Waals surface area contributed by atoms with Gasteiger partial charge < -0.3 is 18.7 Å². The third kappa shape index (κ3) is 15.9. The average Bonchev–Trinajstić information content (AvgIpc) is 2.96. The van der Waals surface area contributed by atoms with Gasteiger partial charge in [-0.15, -0.1) is 0 Å². The average molecular weight is 410 g/mol. The predicted molar refractivity (Wildman–Crippen MR) is 103 cm³/mol. The maximum Gasteiger partial charge on any atom is 1.00 e. The second-order valence-corrected chi connectivity index (χ2v) is 9.11. The van der Waals surface area contributed by atoms with Crippen LogP contribution in [0.25, 0.3) is 0 Å². The van der Waals surface area contributed by atoms with E-state index in [9.17, 15) is 14.3 Å². The minimum Gasteiger partial charge on any atom is -0.778 e. The summed E-state index contributed by atoms with van der Waals surface area (Å²) in [6.45, 7) is 2.52. The predicted octanol–water partition coefficient (Wildman–Crippen LogP) is 1.99. The fourth-order valence-electron chi connectivity index (χ4n) is 3.01. The Bertz CT molecular complexity index is 456. The van der Waals surface area contributed by atoms with Crippen LogP contribution in [0.3, 0.4) is 0 Å². The molecule has 0 amide bonds. The van der Waals surface area contributed by atoms with Crippen LogP contribution >= 0.6 is 7.60 Å². The summed E-state index contributed by atoms with van der Waals surface area (Å²) in [6.07, 6.45) is 18.1. The minimum atomic E-state index is -3.66. The quantitative estimate of drug-likeness (QED) is 0.136. The topological polar surface area (TPSA) is 75.7 Å². The number of allylic oxidation sites excluding steroid dienone is 2. The van der Waals surface area contributed by atoms with Gasteiger partial charge in [-0.2, -0.15) is 0 Å². The summed E-state index contributed by atoms with van der Waals surface area (Å²) in [4.78, 5) is 22.8. The molecule has 1 aliphatic rings. The van der Waals surface area contributed by atoms with E-state index in [4.69, 9.17) is 4.74 Å². The molecular weight excluding hydrogens is 374 g/mol. The molecule has 0 aromatic rings. The SMILES string of the molecule is CCCCCC/C=C\CCCCCCCC(=O)OC[C@H]1COP(=O)([O-])C1.[Na+]. The fraction of sp³-hybridized carbons (Fsp3) is 0.850. The van der Waals surface area contributed by atoms with E-state index >= 15 is 0 Å². The molecule has 1 fully saturated rings. The van der Waals surface area contributed by atoms with Gasteiger partial charge in [0.05, 0.1) is 13.2 Å². The number of unbranched alkanes of at least 4 members (excludes halogenated alkanes) is 9. The van der Waals surface area contributed by atoms with Crippen molar-refractivity contribution in [1.29, 1.82) is 0 Å². The van der Waals surface area contributed by atoms with Crippen molar-refractivity contribution in [3.8, 4) is 0 Å². The zero-order valence-electron chi connectivity index (χ0n) is 17.3. The molecule has 1 saturated heterocycles. The number of ether oxygens (including phenoxy) is 1. The molecule has 0 saturated carbocycles. The van der Waals surface area contributed by atoms with Crippen LogP contribution in [0.5, 0.6) is 0 Å². The number of hydrogen-bond acceptors (Lipinski definition) is 5. The molecule has 0 aromatic heterocycles. The largest absolute Gasteiger partial charge is 1.00 e. The summed E-state index contributed by atoms with van der Waals surface area (Å²) >= 11 is 0. The van der Waals surface area contributed by atoms with E-state index in [1.165, 1.54) is 44.9 Å². The van der Waals surface area contributed by atoms with Gasteiger partial charge in [-0.3, -0.25) is 4.79 Å². The molecule has 0 spiro atoms. The standard InChI is InChI=1S/C20H37O5P.Na/c1-2-3-4-5-6-7-8-9-10-11-12-13-14-15-20(21)24-16-19-17-25-26(22,23)18-19;/h7-8,19H,2-6,9-18H2,1H3,(H,22,23);/q;+1/p-1/b8-7-;/t19-;/m0./s1. The molecule has 152 valence electrons. The van der Waals surface area contributed by atoms with E-state index in [1.54, 1.807) is 0 Å². The van der Waals surface area contributed by atoms with Crippen LogP contribution in [0.2, 0.25) is 0 Å². The Hall–Kier alpha value is 0.360. The van der Waals surface area contributed by atoms with E-state index < -0.39 is 7.60 Å². The molecule has 2 atom stereocenters. The number of esters is 1. The molecule has 1 aliphatic heterocycles. The number of hydrogen-bond donors (Lipinski definition) is 0. The van der Waals surface area contributed by atoms with Gasteiger partial charge in [0, 0.05) is 18.5 Å². The van der Waals surface area contributed by atoms with Gasteiger partial charge in [0.1, 0.15) is 7.60 Å². The van der Waals surface area contributed by atoms with E-state index in [1.807, 2.05) is 0 Å².